The van der Waals surface area contributed by atoms with Crippen LogP contribution in [-0.2, 0) is 0 Å². The number of anilines is 1. The van der Waals surface area contributed by atoms with Gasteiger partial charge in [-0.25, -0.2) is 5.43 Å². The summed E-state index contributed by atoms with van der Waals surface area (Å²) in [7, 11) is 0. The predicted octanol–water partition coefficient (Wildman–Crippen LogP) is 5.66. The Labute approximate surface area is 182 Å². The van der Waals surface area contributed by atoms with Gasteiger partial charge in [-0.3, -0.25) is 9.59 Å². The van der Waals surface area contributed by atoms with E-state index in [4.69, 9.17) is 34.8 Å². The van der Waals surface area contributed by atoms with Crippen LogP contribution in [0.15, 0.2) is 71.8 Å². The summed E-state index contributed by atoms with van der Waals surface area (Å²) in [5.41, 5.74) is 4.45. The molecule has 0 atom stereocenters. The first-order chi connectivity index (χ1) is 13.9. The van der Waals surface area contributed by atoms with Crippen molar-refractivity contribution in [1.29, 1.82) is 0 Å². The average molecular weight is 447 g/mol. The Morgan fingerprint density at radius 1 is 0.793 bits per heavy atom. The van der Waals surface area contributed by atoms with Crippen molar-refractivity contribution in [3.8, 4) is 0 Å². The van der Waals surface area contributed by atoms with E-state index in [0.717, 1.165) is 5.56 Å². The molecule has 0 saturated carbocycles. The molecule has 3 aromatic rings. The Kier molecular flexibility index (Phi) is 6.88. The first kappa shape index (κ1) is 20.9. The highest BCUT2D eigenvalue weighted by Crippen LogP contribution is 2.22. The standard InChI is InChI=1S/C21H14Cl3N3O2/c22-15-5-1-13(2-6-15)12-25-27-20(28)14-3-8-17(9-4-14)26-21(29)18-10-7-16(23)11-19(18)24/h1-12H,(H,26,29)(H,27,28)/b25-12-. The summed E-state index contributed by atoms with van der Waals surface area (Å²) in [6.07, 6.45) is 1.51. The lowest BCUT2D eigenvalue weighted by atomic mass is 10.1. The first-order valence-electron chi connectivity index (χ1n) is 8.38. The van der Waals surface area contributed by atoms with Gasteiger partial charge in [0.15, 0.2) is 0 Å². The van der Waals surface area contributed by atoms with Gasteiger partial charge in [0.1, 0.15) is 0 Å². The van der Waals surface area contributed by atoms with Crippen LogP contribution >= 0.6 is 34.8 Å². The second-order valence-electron chi connectivity index (χ2n) is 5.91. The number of hydrogen-bond donors (Lipinski definition) is 2. The van der Waals surface area contributed by atoms with Crippen LogP contribution in [0.25, 0.3) is 0 Å². The van der Waals surface area contributed by atoms with E-state index < -0.39 is 0 Å². The molecule has 0 aliphatic heterocycles. The molecule has 3 aromatic carbocycles. The van der Waals surface area contributed by atoms with Crippen molar-refractivity contribution in [2.45, 2.75) is 0 Å². The number of halogens is 3. The lowest BCUT2D eigenvalue weighted by Gasteiger charge is -2.08. The molecule has 0 spiro atoms. The number of amides is 2. The largest absolute Gasteiger partial charge is 0.322 e. The number of hydrazone groups is 1. The van der Waals surface area contributed by atoms with E-state index in [0.29, 0.717) is 26.9 Å². The molecule has 0 saturated heterocycles. The lowest BCUT2D eigenvalue weighted by molar-refractivity contribution is 0.0954. The summed E-state index contributed by atoms with van der Waals surface area (Å²) in [6.45, 7) is 0. The van der Waals surface area contributed by atoms with Crippen LogP contribution in [0.4, 0.5) is 5.69 Å². The van der Waals surface area contributed by atoms with Gasteiger partial charge in [-0.05, 0) is 60.2 Å². The molecule has 0 aliphatic carbocycles. The van der Waals surface area contributed by atoms with Gasteiger partial charge < -0.3 is 5.32 Å². The van der Waals surface area contributed by atoms with Crippen LogP contribution in [0.2, 0.25) is 15.1 Å². The van der Waals surface area contributed by atoms with E-state index >= 15 is 0 Å². The minimum atomic E-state index is -0.381. The quantitative estimate of drug-likeness (QED) is 0.392. The van der Waals surface area contributed by atoms with Gasteiger partial charge in [-0.1, -0.05) is 46.9 Å². The maximum atomic E-state index is 12.3. The van der Waals surface area contributed by atoms with Crippen molar-refractivity contribution in [2.24, 2.45) is 5.10 Å². The summed E-state index contributed by atoms with van der Waals surface area (Å²) < 4.78 is 0. The number of nitrogens with one attached hydrogen (secondary N) is 2. The number of carbonyl (C=O) groups excluding carboxylic acids is 2. The van der Waals surface area contributed by atoms with Crippen LogP contribution < -0.4 is 10.7 Å². The molecule has 2 N–H and O–H groups in total. The van der Waals surface area contributed by atoms with Gasteiger partial charge in [0.05, 0.1) is 16.8 Å². The van der Waals surface area contributed by atoms with Crippen molar-refractivity contribution >= 4 is 58.5 Å². The second-order valence-corrected chi connectivity index (χ2v) is 7.19. The molecule has 8 heteroatoms. The molecule has 3 rings (SSSR count). The van der Waals surface area contributed by atoms with Crippen molar-refractivity contribution < 1.29 is 9.59 Å². The predicted molar refractivity (Wildman–Crippen MR) is 117 cm³/mol. The maximum Gasteiger partial charge on any atom is 0.271 e. The Morgan fingerprint density at radius 3 is 2.10 bits per heavy atom. The van der Waals surface area contributed by atoms with Crippen LogP contribution in [0.1, 0.15) is 26.3 Å². The minimum Gasteiger partial charge on any atom is -0.322 e. The molecule has 0 fully saturated rings. The highest BCUT2D eigenvalue weighted by atomic mass is 35.5. The van der Waals surface area contributed by atoms with E-state index in [1.807, 2.05) is 0 Å². The van der Waals surface area contributed by atoms with Crippen molar-refractivity contribution in [2.75, 3.05) is 5.32 Å². The van der Waals surface area contributed by atoms with Gasteiger partial charge in [-0.15, -0.1) is 0 Å². The molecular formula is C21H14Cl3N3O2. The molecule has 146 valence electrons. The van der Waals surface area contributed by atoms with Crippen molar-refractivity contribution in [3.05, 3.63) is 98.5 Å². The molecule has 0 radical (unpaired) electrons. The highest BCUT2D eigenvalue weighted by molar-refractivity contribution is 6.37. The monoisotopic (exact) mass is 445 g/mol. The van der Waals surface area contributed by atoms with E-state index in [2.05, 4.69) is 15.8 Å². The summed E-state index contributed by atoms with van der Waals surface area (Å²) in [5.74, 6) is -0.759. The Hall–Kier alpha value is -2.86. The summed E-state index contributed by atoms with van der Waals surface area (Å²) in [6, 6.07) is 18.0. The third-order valence-electron chi connectivity index (χ3n) is 3.83. The van der Waals surface area contributed by atoms with E-state index in [1.165, 1.54) is 12.3 Å². The fraction of sp³-hybridized carbons (Fsp3) is 0. The zero-order chi connectivity index (χ0) is 20.8. The Morgan fingerprint density at radius 2 is 1.45 bits per heavy atom. The molecule has 0 heterocycles. The van der Waals surface area contributed by atoms with Crippen LogP contribution in [0.5, 0.6) is 0 Å². The molecule has 29 heavy (non-hydrogen) atoms. The topological polar surface area (TPSA) is 70.6 Å². The molecule has 0 bridgehead atoms. The van der Waals surface area contributed by atoms with E-state index in [9.17, 15) is 9.59 Å². The number of nitrogens with zero attached hydrogens (tertiary/aromatic N) is 1. The number of carbonyl (C=O) groups is 2. The minimum absolute atomic E-state index is 0.254. The zero-order valence-electron chi connectivity index (χ0n) is 14.8. The molecule has 0 aromatic heterocycles. The van der Waals surface area contributed by atoms with Crippen molar-refractivity contribution in [1.82, 2.24) is 5.43 Å². The molecule has 5 nitrogen and oxygen atoms in total. The third-order valence-corrected chi connectivity index (χ3v) is 4.63. The molecular weight excluding hydrogens is 433 g/mol. The Bertz CT molecular complexity index is 1070. The van der Waals surface area contributed by atoms with Gasteiger partial charge in [-0.2, -0.15) is 5.10 Å². The zero-order valence-corrected chi connectivity index (χ0v) is 17.1. The normalized spacial score (nSPS) is 10.7. The van der Waals surface area contributed by atoms with E-state index in [-0.39, 0.29) is 16.8 Å². The fourth-order valence-corrected chi connectivity index (χ4v) is 2.98. The van der Waals surface area contributed by atoms with Gasteiger partial charge >= 0.3 is 0 Å². The second kappa shape index (κ2) is 9.56. The number of rotatable bonds is 5. The highest BCUT2D eigenvalue weighted by Gasteiger charge is 2.11. The van der Waals surface area contributed by atoms with Crippen molar-refractivity contribution in [3.63, 3.8) is 0 Å². The van der Waals surface area contributed by atoms with Gasteiger partial charge in [0.2, 0.25) is 0 Å². The SMILES string of the molecule is O=C(N/N=C\c1ccc(Cl)cc1)c1ccc(NC(=O)c2ccc(Cl)cc2Cl)cc1. The smallest absolute Gasteiger partial charge is 0.271 e. The summed E-state index contributed by atoms with van der Waals surface area (Å²) in [5, 5.41) is 7.95. The maximum absolute atomic E-state index is 12.3. The van der Waals surface area contributed by atoms with Gasteiger partial charge in [0, 0.05) is 21.3 Å². The number of hydrogen-bond acceptors (Lipinski definition) is 3. The number of benzene rings is 3. The molecule has 0 unspecified atom stereocenters. The first-order valence-corrected chi connectivity index (χ1v) is 9.51. The lowest BCUT2D eigenvalue weighted by Crippen LogP contribution is -2.18. The summed E-state index contributed by atoms with van der Waals surface area (Å²) >= 11 is 17.7. The molecule has 2 amide bonds. The van der Waals surface area contributed by atoms with Crippen LogP contribution in [0, 0.1) is 0 Å². The third kappa shape index (κ3) is 5.81. The molecule has 0 aliphatic rings. The summed E-state index contributed by atoms with van der Waals surface area (Å²) in [4.78, 5) is 24.5. The van der Waals surface area contributed by atoms with Gasteiger partial charge in [0.25, 0.3) is 11.8 Å². The van der Waals surface area contributed by atoms with Crippen LogP contribution in [0.3, 0.4) is 0 Å². The van der Waals surface area contributed by atoms with Crippen LogP contribution in [-0.4, -0.2) is 18.0 Å². The Balaban J connectivity index is 1.59. The van der Waals surface area contributed by atoms with E-state index in [1.54, 1.807) is 60.7 Å². The average Bonchev–Trinajstić information content (AvgIpc) is 2.70. The fourth-order valence-electron chi connectivity index (χ4n) is 2.36.